The normalized spacial score (nSPS) is 10.2. The Balaban J connectivity index is 1.86. The van der Waals surface area contributed by atoms with Crippen LogP contribution < -0.4 is 29.6 Å². The van der Waals surface area contributed by atoms with Crippen molar-refractivity contribution >= 4 is 23.0 Å². The van der Waals surface area contributed by atoms with E-state index in [9.17, 15) is 0 Å². The Labute approximate surface area is 169 Å². The van der Waals surface area contributed by atoms with Gasteiger partial charge in [-0.3, -0.25) is 0 Å². The predicted molar refractivity (Wildman–Crippen MR) is 112 cm³/mol. The van der Waals surface area contributed by atoms with Crippen LogP contribution in [0.5, 0.6) is 23.0 Å². The highest BCUT2D eigenvalue weighted by Crippen LogP contribution is 2.40. The number of aryl methyl sites for hydroxylation is 1. The molecule has 0 radical (unpaired) electrons. The Hall–Kier alpha value is -3.68. The number of aromatic nitrogens is 2. The van der Waals surface area contributed by atoms with Crippen LogP contribution in [0.25, 0.3) is 0 Å². The van der Waals surface area contributed by atoms with E-state index in [0.29, 0.717) is 28.9 Å². The van der Waals surface area contributed by atoms with Gasteiger partial charge in [-0.1, -0.05) is 6.07 Å². The highest BCUT2D eigenvalue weighted by atomic mass is 16.5. The van der Waals surface area contributed by atoms with E-state index in [1.54, 1.807) is 46.6 Å². The zero-order valence-electron chi connectivity index (χ0n) is 17.1. The van der Waals surface area contributed by atoms with Gasteiger partial charge in [0.2, 0.25) is 5.75 Å². The molecule has 0 spiro atoms. The standard InChI is InChI=1S/C21H24N4O4/c1-13-6-7-16(26-2)15(8-13)25-20-11-19(22-12-23-20)24-14-9-17(27-3)21(29-5)18(10-14)28-4/h6-12H,1-5H3,(H2,22,23,24,25). The lowest BCUT2D eigenvalue weighted by atomic mass is 10.2. The summed E-state index contributed by atoms with van der Waals surface area (Å²) >= 11 is 0. The molecule has 0 atom stereocenters. The zero-order chi connectivity index (χ0) is 20.8. The minimum Gasteiger partial charge on any atom is -0.495 e. The second-order valence-electron chi connectivity index (χ2n) is 6.16. The molecule has 29 heavy (non-hydrogen) atoms. The molecular formula is C21H24N4O4. The molecule has 0 bridgehead atoms. The summed E-state index contributed by atoms with van der Waals surface area (Å²) in [6.45, 7) is 2.02. The molecule has 3 rings (SSSR count). The number of hydrogen-bond donors (Lipinski definition) is 2. The molecule has 8 heteroatoms. The molecule has 0 aliphatic carbocycles. The third kappa shape index (κ3) is 4.60. The average Bonchev–Trinajstić information content (AvgIpc) is 2.73. The molecular weight excluding hydrogens is 372 g/mol. The van der Waals surface area contributed by atoms with Crippen LogP contribution in [0.15, 0.2) is 42.7 Å². The number of hydrogen-bond acceptors (Lipinski definition) is 8. The molecule has 0 amide bonds. The molecule has 1 heterocycles. The minimum atomic E-state index is 0.525. The third-order valence-electron chi connectivity index (χ3n) is 4.22. The number of benzene rings is 2. The SMILES string of the molecule is COc1ccc(C)cc1Nc1cc(Nc2cc(OC)c(OC)c(OC)c2)ncn1. The van der Waals surface area contributed by atoms with Crippen molar-refractivity contribution in [3.8, 4) is 23.0 Å². The van der Waals surface area contributed by atoms with Crippen LogP contribution in [0.4, 0.5) is 23.0 Å². The van der Waals surface area contributed by atoms with Crippen molar-refractivity contribution in [3.63, 3.8) is 0 Å². The summed E-state index contributed by atoms with van der Waals surface area (Å²) in [7, 11) is 6.34. The monoisotopic (exact) mass is 396 g/mol. The van der Waals surface area contributed by atoms with E-state index in [0.717, 1.165) is 22.7 Å². The summed E-state index contributed by atoms with van der Waals surface area (Å²) in [4.78, 5) is 8.57. The molecule has 0 unspecified atom stereocenters. The highest BCUT2D eigenvalue weighted by Gasteiger charge is 2.14. The molecule has 8 nitrogen and oxygen atoms in total. The molecule has 152 valence electrons. The van der Waals surface area contributed by atoms with Gasteiger partial charge in [0, 0.05) is 23.9 Å². The lowest BCUT2D eigenvalue weighted by molar-refractivity contribution is 0.324. The minimum absolute atomic E-state index is 0.525. The van der Waals surface area contributed by atoms with E-state index >= 15 is 0 Å². The van der Waals surface area contributed by atoms with Gasteiger partial charge >= 0.3 is 0 Å². The smallest absolute Gasteiger partial charge is 0.203 e. The maximum atomic E-state index is 5.41. The van der Waals surface area contributed by atoms with Crippen LogP contribution in [0.1, 0.15) is 5.56 Å². The van der Waals surface area contributed by atoms with E-state index in [4.69, 9.17) is 18.9 Å². The summed E-state index contributed by atoms with van der Waals surface area (Å²) < 4.78 is 21.6. The van der Waals surface area contributed by atoms with Crippen LogP contribution in [-0.4, -0.2) is 38.4 Å². The van der Waals surface area contributed by atoms with E-state index < -0.39 is 0 Å². The van der Waals surface area contributed by atoms with Crippen LogP contribution >= 0.6 is 0 Å². The second-order valence-corrected chi connectivity index (χ2v) is 6.16. The summed E-state index contributed by atoms with van der Waals surface area (Å²) in [5.74, 6) is 3.57. The number of ether oxygens (including phenoxy) is 4. The maximum absolute atomic E-state index is 5.41. The summed E-state index contributed by atoms with van der Waals surface area (Å²) in [5, 5.41) is 6.50. The molecule has 0 saturated carbocycles. The Kier molecular flexibility index (Phi) is 6.23. The summed E-state index contributed by atoms with van der Waals surface area (Å²) in [6, 6.07) is 11.3. The Morgan fingerprint density at radius 2 is 1.31 bits per heavy atom. The van der Waals surface area contributed by atoms with Crippen molar-refractivity contribution in [1.82, 2.24) is 9.97 Å². The average molecular weight is 396 g/mol. The summed E-state index contributed by atoms with van der Waals surface area (Å²) in [6.07, 6.45) is 1.48. The molecule has 0 aliphatic heterocycles. The molecule has 2 aromatic carbocycles. The molecule has 0 aliphatic rings. The lowest BCUT2D eigenvalue weighted by Crippen LogP contribution is -2.01. The van der Waals surface area contributed by atoms with E-state index in [1.165, 1.54) is 6.33 Å². The van der Waals surface area contributed by atoms with Crippen molar-refractivity contribution in [3.05, 3.63) is 48.3 Å². The Morgan fingerprint density at radius 3 is 1.90 bits per heavy atom. The largest absolute Gasteiger partial charge is 0.495 e. The first-order chi connectivity index (χ1) is 14.1. The zero-order valence-corrected chi connectivity index (χ0v) is 17.1. The number of anilines is 4. The molecule has 0 fully saturated rings. The van der Waals surface area contributed by atoms with Crippen molar-refractivity contribution in [2.75, 3.05) is 39.1 Å². The fourth-order valence-corrected chi connectivity index (χ4v) is 2.85. The van der Waals surface area contributed by atoms with Gasteiger partial charge in [-0.25, -0.2) is 9.97 Å². The Morgan fingerprint density at radius 1 is 0.690 bits per heavy atom. The first-order valence-corrected chi connectivity index (χ1v) is 8.88. The predicted octanol–water partition coefficient (Wildman–Crippen LogP) is 4.31. The molecule has 1 aromatic heterocycles. The first kappa shape index (κ1) is 20.1. The van der Waals surface area contributed by atoms with E-state index in [-0.39, 0.29) is 0 Å². The third-order valence-corrected chi connectivity index (χ3v) is 4.22. The number of rotatable bonds is 8. The highest BCUT2D eigenvalue weighted by molar-refractivity contribution is 5.70. The van der Waals surface area contributed by atoms with Crippen LogP contribution in [0.2, 0.25) is 0 Å². The maximum Gasteiger partial charge on any atom is 0.203 e. The van der Waals surface area contributed by atoms with Gasteiger partial charge in [-0.05, 0) is 24.6 Å². The van der Waals surface area contributed by atoms with Crippen molar-refractivity contribution < 1.29 is 18.9 Å². The van der Waals surface area contributed by atoms with Gasteiger partial charge in [0.05, 0.1) is 34.1 Å². The molecule has 2 N–H and O–H groups in total. The topological polar surface area (TPSA) is 86.8 Å². The summed E-state index contributed by atoms with van der Waals surface area (Å²) in [5.41, 5.74) is 2.67. The second kappa shape index (κ2) is 9.01. The molecule has 3 aromatic rings. The van der Waals surface area contributed by atoms with Gasteiger partial charge < -0.3 is 29.6 Å². The van der Waals surface area contributed by atoms with Crippen LogP contribution in [0, 0.1) is 6.92 Å². The van der Waals surface area contributed by atoms with Gasteiger partial charge in [-0.2, -0.15) is 0 Å². The molecule has 0 saturated heterocycles. The van der Waals surface area contributed by atoms with Crippen molar-refractivity contribution in [2.45, 2.75) is 6.92 Å². The van der Waals surface area contributed by atoms with Crippen molar-refractivity contribution in [1.29, 1.82) is 0 Å². The Bertz CT molecular complexity index is 969. The van der Waals surface area contributed by atoms with Gasteiger partial charge in [0.25, 0.3) is 0 Å². The van der Waals surface area contributed by atoms with Gasteiger partial charge in [0.1, 0.15) is 23.7 Å². The van der Waals surface area contributed by atoms with Crippen LogP contribution in [0.3, 0.4) is 0 Å². The van der Waals surface area contributed by atoms with Crippen molar-refractivity contribution in [2.24, 2.45) is 0 Å². The number of nitrogens with one attached hydrogen (secondary N) is 2. The van der Waals surface area contributed by atoms with Crippen LogP contribution in [-0.2, 0) is 0 Å². The first-order valence-electron chi connectivity index (χ1n) is 8.88. The number of methoxy groups -OCH3 is 4. The van der Waals surface area contributed by atoms with Gasteiger partial charge in [0.15, 0.2) is 11.5 Å². The quantitative estimate of drug-likeness (QED) is 0.583. The fraction of sp³-hybridized carbons (Fsp3) is 0.238. The van der Waals surface area contributed by atoms with Gasteiger partial charge in [-0.15, -0.1) is 0 Å². The van der Waals surface area contributed by atoms with E-state index in [1.807, 2.05) is 25.1 Å². The van der Waals surface area contributed by atoms with E-state index in [2.05, 4.69) is 20.6 Å². The lowest BCUT2D eigenvalue weighted by Gasteiger charge is -2.15. The number of nitrogens with zero attached hydrogens (tertiary/aromatic N) is 2. The fourth-order valence-electron chi connectivity index (χ4n) is 2.85.